The van der Waals surface area contributed by atoms with Crippen molar-refractivity contribution in [3.8, 4) is 11.8 Å². The summed E-state index contributed by atoms with van der Waals surface area (Å²) >= 11 is 0. The monoisotopic (exact) mass is 281 g/mol. The van der Waals surface area contributed by atoms with E-state index in [4.69, 9.17) is 5.11 Å². The van der Waals surface area contributed by atoms with Crippen LogP contribution in [0.25, 0.3) is 0 Å². The van der Waals surface area contributed by atoms with E-state index in [0.29, 0.717) is 11.3 Å². The maximum Gasteiger partial charge on any atom is 0.233 e. The van der Waals surface area contributed by atoms with Gasteiger partial charge in [0, 0.05) is 5.56 Å². The summed E-state index contributed by atoms with van der Waals surface area (Å²) in [7, 11) is -3.42. The predicted octanol–water partition coefficient (Wildman–Crippen LogP) is 1.82. The first-order valence-electron chi connectivity index (χ1n) is 5.93. The Labute approximate surface area is 114 Å². The van der Waals surface area contributed by atoms with E-state index in [1.165, 1.54) is 0 Å². The number of aliphatic hydroxyl groups is 1. The van der Waals surface area contributed by atoms with Gasteiger partial charge < -0.3 is 5.11 Å². The molecule has 0 saturated carbocycles. The van der Waals surface area contributed by atoms with Crippen molar-refractivity contribution in [3.63, 3.8) is 0 Å². The standard InChI is InChI=1S/C14H19NO3S/c1-14(2,3)11-19(17,18)15-13-9-5-4-7-12(13)8-6-10-16/h4-5,7,9,15-16H,10-11H2,1-3H3. The van der Waals surface area contributed by atoms with Gasteiger partial charge in [0.05, 0.1) is 11.4 Å². The van der Waals surface area contributed by atoms with Crippen molar-refractivity contribution in [2.24, 2.45) is 5.41 Å². The summed E-state index contributed by atoms with van der Waals surface area (Å²) in [5.41, 5.74) is 0.666. The summed E-state index contributed by atoms with van der Waals surface area (Å²) in [6, 6.07) is 6.86. The fourth-order valence-electron chi connectivity index (χ4n) is 1.59. The van der Waals surface area contributed by atoms with Crippen LogP contribution in [0.4, 0.5) is 5.69 Å². The van der Waals surface area contributed by atoms with Crippen molar-refractivity contribution in [3.05, 3.63) is 29.8 Å². The molecule has 2 N–H and O–H groups in total. The minimum Gasteiger partial charge on any atom is -0.384 e. The molecule has 0 aliphatic heterocycles. The van der Waals surface area contributed by atoms with Gasteiger partial charge >= 0.3 is 0 Å². The summed E-state index contributed by atoms with van der Waals surface area (Å²) in [6.45, 7) is 5.33. The third kappa shape index (κ3) is 5.77. The Kier molecular flexibility index (Phi) is 4.98. The third-order valence-corrected chi connectivity index (χ3v) is 3.89. The third-order valence-electron chi connectivity index (χ3n) is 2.12. The largest absolute Gasteiger partial charge is 0.384 e. The number of nitrogens with one attached hydrogen (secondary N) is 1. The van der Waals surface area contributed by atoms with Crippen molar-refractivity contribution >= 4 is 15.7 Å². The second-order valence-corrected chi connectivity index (χ2v) is 7.15. The molecule has 0 aromatic heterocycles. The van der Waals surface area contributed by atoms with Crippen LogP contribution in [0.5, 0.6) is 0 Å². The van der Waals surface area contributed by atoms with Crippen molar-refractivity contribution < 1.29 is 13.5 Å². The van der Waals surface area contributed by atoms with Gasteiger partial charge in [-0.3, -0.25) is 4.72 Å². The SMILES string of the molecule is CC(C)(C)CS(=O)(=O)Nc1ccccc1C#CCO. The molecule has 1 aromatic rings. The first kappa shape index (κ1) is 15.5. The number of sulfonamides is 1. The van der Waals surface area contributed by atoms with Crippen LogP contribution in [-0.2, 0) is 10.0 Å². The molecule has 104 valence electrons. The van der Waals surface area contributed by atoms with Gasteiger partial charge in [-0.25, -0.2) is 8.42 Å². The number of hydrogen-bond donors (Lipinski definition) is 2. The molecule has 4 nitrogen and oxygen atoms in total. The molecule has 0 bridgehead atoms. The Hall–Kier alpha value is -1.51. The van der Waals surface area contributed by atoms with Crippen molar-refractivity contribution in [1.29, 1.82) is 0 Å². The van der Waals surface area contributed by atoms with Crippen LogP contribution in [0, 0.1) is 17.3 Å². The topological polar surface area (TPSA) is 66.4 Å². The van der Waals surface area contributed by atoms with Crippen molar-refractivity contribution in [1.82, 2.24) is 0 Å². The van der Waals surface area contributed by atoms with E-state index in [-0.39, 0.29) is 17.8 Å². The Morgan fingerprint density at radius 3 is 2.47 bits per heavy atom. The molecule has 0 heterocycles. The van der Waals surface area contributed by atoms with Crippen LogP contribution in [0.15, 0.2) is 24.3 Å². The molecule has 0 aliphatic rings. The predicted molar refractivity (Wildman–Crippen MR) is 77.3 cm³/mol. The number of rotatable bonds is 3. The smallest absolute Gasteiger partial charge is 0.233 e. The summed E-state index contributed by atoms with van der Waals surface area (Å²) < 4.78 is 26.6. The normalized spacial score (nSPS) is 11.6. The highest BCUT2D eigenvalue weighted by molar-refractivity contribution is 7.92. The van der Waals surface area contributed by atoms with E-state index >= 15 is 0 Å². The maximum absolute atomic E-state index is 12.0. The molecular weight excluding hydrogens is 262 g/mol. The number of para-hydroxylation sites is 1. The Morgan fingerprint density at radius 1 is 1.26 bits per heavy atom. The number of benzene rings is 1. The maximum atomic E-state index is 12.0. The lowest BCUT2D eigenvalue weighted by Crippen LogP contribution is -2.26. The van der Waals surface area contributed by atoms with Gasteiger partial charge in [0.2, 0.25) is 10.0 Å². The van der Waals surface area contributed by atoms with Crippen LogP contribution < -0.4 is 4.72 Å². The molecule has 0 aliphatic carbocycles. The van der Waals surface area contributed by atoms with E-state index in [2.05, 4.69) is 16.6 Å². The molecule has 0 radical (unpaired) electrons. The molecule has 0 fully saturated rings. The zero-order valence-corrected chi connectivity index (χ0v) is 12.2. The molecule has 19 heavy (non-hydrogen) atoms. The van der Waals surface area contributed by atoms with Gasteiger partial charge in [0.15, 0.2) is 0 Å². The van der Waals surface area contributed by atoms with Gasteiger partial charge in [-0.1, -0.05) is 44.7 Å². The molecule has 1 rings (SSSR count). The van der Waals surface area contributed by atoms with Crippen molar-refractivity contribution in [2.75, 3.05) is 17.1 Å². The summed E-state index contributed by atoms with van der Waals surface area (Å²) in [4.78, 5) is 0. The number of anilines is 1. The van der Waals surface area contributed by atoms with E-state index in [1.807, 2.05) is 20.8 Å². The van der Waals surface area contributed by atoms with E-state index < -0.39 is 10.0 Å². The average Bonchev–Trinajstić information content (AvgIpc) is 2.24. The minimum absolute atomic E-state index is 0.0295. The van der Waals surface area contributed by atoms with Crippen LogP contribution in [0.3, 0.4) is 0 Å². The van der Waals surface area contributed by atoms with Crippen LogP contribution in [-0.4, -0.2) is 25.9 Å². The van der Waals surface area contributed by atoms with E-state index in [1.54, 1.807) is 24.3 Å². The van der Waals surface area contributed by atoms with Crippen LogP contribution >= 0.6 is 0 Å². The highest BCUT2D eigenvalue weighted by Gasteiger charge is 2.22. The fourth-order valence-corrected chi connectivity index (χ4v) is 3.31. The zero-order valence-electron chi connectivity index (χ0n) is 11.4. The molecule has 1 aromatic carbocycles. The number of aliphatic hydroxyl groups excluding tert-OH is 1. The quantitative estimate of drug-likeness (QED) is 0.831. The lowest BCUT2D eigenvalue weighted by atomic mass is 10.0. The zero-order chi connectivity index (χ0) is 14.5. The van der Waals surface area contributed by atoms with Gasteiger partial charge in [0.25, 0.3) is 0 Å². The lowest BCUT2D eigenvalue weighted by molar-refractivity contribution is 0.350. The Balaban J connectivity index is 3.00. The molecule has 0 unspecified atom stereocenters. The van der Waals surface area contributed by atoms with Crippen molar-refractivity contribution in [2.45, 2.75) is 20.8 Å². The van der Waals surface area contributed by atoms with E-state index in [0.717, 1.165) is 0 Å². The van der Waals surface area contributed by atoms with E-state index in [9.17, 15) is 8.42 Å². The van der Waals surface area contributed by atoms with Gasteiger partial charge in [-0.15, -0.1) is 0 Å². The molecular formula is C14H19NO3S. The molecule has 0 atom stereocenters. The Bertz CT molecular complexity index is 589. The fraction of sp³-hybridized carbons (Fsp3) is 0.429. The second-order valence-electron chi connectivity index (χ2n) is 5.43. The molecule has 5 heteroatoms. The molecule has 0 amide bonds. The molecule has 0 spiro atoms. The van der Waals surface area contributed by atoms with Gasteiger partial charge in [-0.05, 0) is 17.5 Å². The number of hydrogen-bond acceptors (Lipinski definition) is 3. The summed E-state index contributed by atoms with van der Waals surface area (Å²) in [5.74, 6) is 5.26. The summed E-state index contributed by atoms with van der Waals surface area (Å²) in [6.07, 6.45) is 0. The van der Waals surface area contributed by atoms with Gasteiger partial charge in [0.1, 0.15) is 6.61 Å². The minimum atomic E-state index is -3.42. The summed E-state index contributed by atoms with van der Waals surface area (Å²) in [5, 5.41) is 8.69. The highest BCUT2D eigenvalue weighted by Crippen LogP contribution is 2.20. The first-order valence-corrected chi connectivity index (χ1v) is 7.58. The molecule has 0 saturated heterocycles. The van der Waals surface area contributed by atoms with Gasteiger partial charge in [-0.2, -0.15) is 0 Å². The second kappa shape index (κ2) is 6.09. The first-order chi connectivity index (χ1) is 8.73. The highest BCUT2D eigenvalue weighted by atomic mass is 32.2. The van der Waals surface area contributed by atoms with Crippen LogP contribution in [0.2, 0.25) is 0 Å². The Morgan fingerprint density at radius 2 is 1.89 bits per heavy atom. The lowest BCUT2D eigenvalue weighted by Gasteiger charge is -2.19. The van der Waals surface area contributed by atoms with Crippen LogP contribution in [0.1, 0.15) is 26.3 Å². The average molecular weight is 281 g/mol.